The fourth-order valence-electron chi connectivity index (χ4n) is 1.68. The molecule has 0 atom stereocenters. The third-order valence-corrected chi connectivity index (χ3v) is 3.61. The van der Waals surface area contributed by atoms with Crippen LogP contribution in [0.15, 0.2) is 42.5 Å². The van der Waals surface area contributed by atoms with Crippen molar-refractivity contribution < 1.29 is 4.92 Å². The van der Waals surface area contributed by atoms with Gasteiger partial charge in [0.15, 0.2) is 0 Å². The molecule has 2 rings (SSSR count). The minimum atomic E-state index is -0.419. The zero-order valence-electron chi connectivity index (χ0n) is 9.77. The second kappa shape index (κ2) is 6.21. The Morgan fingerprint density at radius 2 is 2.00 bits per heavy atom. The number of hydrogen-bond donors (Lipinski definition) is 1. The lowest BCUT2D eigenvalue weighted by molar-refractivity contribution is -0.385. The summed E-state index contributed by atoms with van der Waals surface area (Å²) in [7, 11) is 0. The summed E-state index contributed by atoms with van der Waals surface area (Å²) in [6.07, 6.45) is 0. The maximum atomic E-state index is 11.0. The molecule has 4 nitrogen and oxygen atoms in total. The molecule has 1 N–H and O–H groups in total. The van der Waals surface area contributed by atoms with E-state index in [1.54, 1.807) is 12.1 Å². The van der Waals surface area contributed by atoms with E-state index in [1.807, 2.05) is 24.3 Å². The highest BCUT2D eigenvalue weighted by atomic mass is 127. The molecule has 0 saturated heterocycles. The summed E-state index contributed by atoms with van der Waals surface area (Å²) >= 11 is 8.23. The van der Waals surface area contributed by atoms with E-state index in [0.717, 1.165) is 9.26 Å². The Balaban J connectivity index is 2.22. The molecule has 2 aromatic rings. The Morgan fingerprint density at radius 1 is 1.26 bits per heavy atom. The van der Waals surface area contributed by atoms with Crippen LogP contribution in [0, 0.1) is 13.7 Å². The first kappa shape index (κ1) is 14.1. The van der Waals surface area contributed by atoms with Gasteiger partial charge in [-0.1, -0.05) is 23.7 Å². The highest BCUT2D eigenvalue weighted by Gasteiger charge is 2.15. The van der Waals surface area contributed by atoms with Crippen LogP contribution < -0.4 is 5.32 Å². The normalized spacial score (nSPS) is 10.2. The topological polar surface area (TPSA) is 55.2 Å². The second-order valence-electron chi connectivity index (χ2n) is 3.86. The van der Waals surface area contributed by atoms with Crippen LogP contribution in [0.25, 0.3) is 0 Å². The molecule has 0 bridgehead atoms. The van der Waals surface area contributed by atoms with Crippen LogP contribution in [0.3, 0.4) is 0 Å². The number of hydrogen-bond acceptors (Lipinski definition) is 3. The number of nitro groups is 1. The molecular formula is C13H10ClIN2O2. The molecule has 0 fully saturated rings. The lowest BCUT2D eigenvalue weighted by atomic mass is 10.1. The van der Waals surface area contributed by atoms with Crippen LogP contribution in [-0.2, 0) is 6.54 Å². The van der Waals surface area contributed by atoms with E-state index in [2.05, 4.69) is 27.9 Å². The Hall–Kier alpha value is -1.34. The van der Waals surface area contributed by atoms with Gasteiger partial charge in [-0.2, -0.15) is 0 Å². The fourth-order valence-corrected chi connectivity index (χ4v) is 2.46. The summed E-state index contributed by atoms with van der Waals surface area (Å²) in [6, 6.07) is 12.5. The van der Waals surface area contributed by atoms with Gasteiger partial charge in [0.2, 0.25) is 0 Å². The van der Waals surface area contributed by atoms with E-state index < -0.39 is 4.92 Å². The lowest BCUT2D eigenvalue weighted by Gasteiger charge is -2.09. The first-order valence-electron chi connectivity index (χ1n) is 5.49. The van der Waals surface area contributed by atoms with Crippen molar-refractivity contribution in [2.24, 2.45) is 0 Å². The number of nitro benzene ring substituents is 1. The average molecular weight is 389 g/mol. The highest BCUT2D eigenvalue weighted by Crippen LogP contribution is 2.27. The molecule has 0 aliphatic heterocycles. The molecule has 98 valence electrons. The molecule has 0 aliphatic carbocycles. The molecule has 0 aromatic heterocycles. The Labute approximate surface area is 129 Å². The minimum Gasteiger partial charge on any atom is -0.381 e. The number of anilines is 1. The molecule has 0 unspecified atom stereocenters. The Kier molecular flexibility index (Phi) is 4.60. The van der Waals surface area contributed by atoms with E-state index in [9.17, 15) is 10.1 Å². The zero-order valence-corrected chi connectivity index (χ0v) is 12.7. The van der Waals surface area contributed by atoms with Crippen molar-refractivity contribution in [1.29, 1.82) is 0 Å². The fraction of sp³-hybridized carbons (Fsp3) is 0.0769. The van der Waals surface area contributed by atoms with Gasteiger partial charge in [0.25, 0.3) is 5.69 Å². The number of nitrogens with zero attached hydrogens (tertiary/aromatic N) is 1. The molecule has 0 aliphatic rings. The van der Waals surface area contributed by atoms with Gasteiger partial charge < -0.3 is 5.32 Å². The molecular weight excluding hydrogens is 379 g/mol. The lowest BCUT2D eigenvalue weighted by Crippen LogP contribution is -2.04. The van der Waals surface area contributed by atoms with Crippen molar-refractivity contribution in [3.8, 4) is 0 Å². The molecule has 19 heavy (non-hydrogen) atoms. The van der Waals surface area contributed by atoms with Crippen LogP contribution in [0.4, 0.5) is 11.4 Å². The van der Waals surface area contributed by atoms with Crippen molar-refractivity contribution in [3.63, 3.8) is 0 Å². The molecule has 2 aromatic carbocycles. The second-order valence-corrected chi connectivity index (χ2v) is 5.51. The standard InChI is InChI=1S/C13H10ClIN2O2/c14-12-5-2-6-13(17(18)19)11(12)8-16-10-4-1-3-9(15)7-10/h1-7,16H,8H2. The molecule has 0 spiro atoms. The van der Waals surface area contributed by atoms with Gasteiger partial charge in [0.05, 0.1) is 15.5 Å². The maximum absolute atomic E-state index is 11.0. The number of rotatable bonds is 4. The number of halogens is 2. The summed E-state index contributed by atoms with van der Waals surface area (Å²) in [5.74, 6) is 0. The summed E-state index contributed by atoms with van der Waals surface area (Å²) in [4.78, 5) is 10.5. The third kappa shape index (κ3) is 3.57. The van der Waals surface area contributed by atoms with E-state index in [1.165, 1.54) is 6.07 Å². The van der Waals surface area contributed by atoms with Crippen LogP contribution in [-0.4, -0.2) is 4.92 Å². The minimum absolute atomic E-state index is 0.0330. The summed E-state index contributed by atoms with van der Waals surface area (Å²) in [5.41, 5.74) is 1.43. The van der Waals surface area contributed by atoms with Crippen molar-refractivity contribution in [3.05, 3.63) is 66.7 Å². The third-order valence-electron chi connectivity index (χ3n) is 2.58. The molecule has 0 heterocycles. The van der Waals surface area contributed by atoms with Gasteiger partial charge in [0, 0.05) is 21.9 Å². The number of nitrogens with one attached hydrogen (secondary N) is 1. The van der Waals surface area contributed by atoms with Crippen LogP contribution in [0.2, 0.25) is 5.02 Å². The molecule has 0 saturated carbocycles. The van der Waals surface area contributed by atoms with Crippen LogP contribution in [0.1, 0.15) is 5.56 Å². The van der Waals surface area contributed by atoms with Crippen LogP contribution >= 0.6 is 34.2 Å². The Bertz CT molecular complexity index is 619. The highest BCUT2D eigenvalue weighted by molar-refractivity contribution is 14.1. The van der Waals surface area contributed by atoms with E-state index >= 15 is 0 Å². The van der Waals surface area contributed by atoms with Crippen molar-refractivity contribution in [2.75, 3.05) is 5.32 Å². The number of benzene rings is 2. The summed E-state index contributed by atoms with van der Waals surface area (Å²) < 4.78 is 1.09. The van der Waals surface area contributed by atoms with Gasteiger partial charge in [-0.15, -0.1) is 0 Å². The van der Waals surface area contributed by atoms with Crippen molar-refractivity contribution >= 4 is 45.6 Å². The van der Waals surface area contributed by atoms with E-state index in [0.29, 0.717) is 17.1 Å². The van der Waals surface area contributed by atoms with Crippen molar-refractivity contribution in [1.82, 2.24) is 0 Å². The average Bonchev–Trinajstić information content (AvgIpc) is 2.37. The van der Waals surface area contributed by atoms with Gasteiger partial charge in [-0.05, 0) is 46.9 Å². The first-order chi connectivity index (χ1) is 9.08. The SMILES string of the molecule is O=[N+]([O-])c1cccc(Cl)c1CNc1cccc(I)c1. The smallest absolute Gasteiger partial charge is 0.275 e. The summed E-state index contributed by atoms with van der Waals surface area (Å²) in [6.45, 7) is 0.316. The van der Waals surface area contributed by atoms with E-state index in [-0.39, 0.29) is 5.69 Å². The largest absolute Gasteiger partial charge is 0.381 e. The Morgan fingerprint density at radius 3 is 2.68 bits per heavy atom. The quantitative estimate of drug-likeness (QED) is 0.478. The van der Waals surface area contributed by atoms with Gasteiger partial charge in [0.1, 0.15) is 0 Å². The predicted molar refractivity (Wildman–Crippen MR) is 84.6 cm³/mol. The summed E-state index contributed by atoms with van der Waals surface area (Å²) in [5, 5.41) is 14.5. The van der Waals surface area contributed by atoms with Gasteiger partial charge in [-0.25, -0.2) is 0 Å². The molecule has 0 amide bonds. The van der Waals surface area contributed by atoms with Gasteiger partial charge in [-0.3, -0.25) is 10.1 Å². The van der Waals surface area contributed by atoms with Crippen LogP contribution in [0.5, 0.6) is 0 Å². The molecule has 6 heteroatoms. The maximum Gasteiger partial charge on any atom is 0.275 e. The predicted octanol–water partition coefficient (Wildman–Crippen LogP) is 4.46. The van der Waals surface area contributed by atoms with E-state index in [4.69, 9.17) is 11.6 Å². The van der Waals surface area contributed by atoms with Gasteiger partial charge >= 0.3 is 0 Å². The monoisotopic (exact) mass is 388 g/mol. The first-order valence-corrected chi connectivity index (χ1v) is 6.95. The van der Waals surface area contributed by atoms with Crippen molar-refractivity contribution in [2.45, 2.75) is 6.54 Å². The zero-order chi connectivity index (χ0) is 13.8. The molecule has 0 radical (unpaired) electrons.